The number of nitrogens with zero attached hydrogens (tertiary/aromatic N) is 3. The van der Waals surface area contributed by atoms with E-state index in [0.29, 0.717) is 24.3 Å². The fourth-order valence-electron chi connectivity index (χ4n) is 3.04. The quantitative estimate of drug-likeness (QED) is 0.781. The number of carbonyl (C=O) groups is 1. The molecule has 2 aromatic rings. The molecule has 3 rings (SSSR count). The first kappa shape index (κ1) is 19.5. The van der Waals surface area contributed by atoms with Crippen molar-refractivity contribution in [3.63, 3.8) is 0 Å². The van der Waals surface area contributed by atoms with Crippen LogP contribution in [-0.4, -0.2) is 58.7 Å². The molecular formula is C19H22ClN3O3S. The van der Waals surface area contributed by atoms with Gasteiger partial charge in [0.15, 0.2) is 0 Å². The molecule has 0 unspecified atom stereocenters. The number of hydrogen-bond donors (Lipinski definition) is 0. The lowest BCUT2D eigenvalue weighted by Crippen LogP contribution is -2.48. The van der Waals surface area contributed by atoms with E-state index < -0.39 is 10.0 Å². The second kappa shape index (κ2) is 7.78. The van der Waals surface area contributed by atoms with Gasteiger partial charge in [0.2, 0.25) is 10.0 Å². The standard InChI is InChI=1S/C19H22ClN3O3S/c1-21(27(2,25)26)16-8-9-17(18(20)14-16)19(24)23-12-10-22(11-13-23)15-6-4-3-5-7-15/h3-9,14H,10-13H2,1-2H3. The van der Waals surface area contributed by atoms with Gasteiger partial charge in [0.25, 0.3) is 5.91 Å². The summed E-state index contributed by atoms with van der Waals surface area (Å²) in [6.45, 7) is 2.72. The first-order valence-electron chi connectivity index (χ1n) is 8.60. The molecule has 8 heteroatoms. The Hall–Kier alpha value is -2.25. The summed E-state index contributed by atoms with van der Waals surface area (Å²) in [6, 6.07) is 14.8. The van der Waals surface area contributed by atoms with E-state index in [1.54, 1.807) is 17.0 Å². The number of rotatable bonds is 4. The van der Waals surface area contributed by atoms with E-state index in [-0.39, 0.29) is 10.9 Å². The fourth-order valence-corrected chi connectivity index (χ4v) is 3.79. The van der Waals surface area contributed by atoms with Crippen LogP contribution in [0.3, 0.4) is 0 Å². The molecule has 2 aromatic carbocycles. The van der Waals surface area contributed by atoms with E-state index in [0.717, 1.165) is 29.3 Å². The van der Waals surface area contributed by atoms with E-state index in [1.165, 1.54) is 13.1 Å². The second-order valence-corrected chi connectivity index (χ2v) is 8.93. The van der Waals surface area contributed by atoms with Gasteiger partial charge in [-0.25, -0.2) is 8.42 Å². The third-order valence-electron chi connectivity index (χ3n) is 4.73. The van der Waals surface area contributed by atoms with Gasteiger partial charge in [-0.15, -0.1) is 0 Å². The summed E-state index contributed by atoms with van der Waals surface area (Å²) in [5, 5.41) is 0.249. The summed E-state index contributed by atoms with van der Waals surface area (Å²) in [7, 11) is -1.94. The minimum Gasteiger partial charge on any atom is -0.368 e. The average Bonchev–Trinajstić information content (AvgIpc) is 2.67. The van der Waals surface area contributed by atoms with E-state index in [2.05, 4.69) is 17.0 Å². The third kappa shape index (κ3) is 4.36. The monoisotopic (exact) mass is 407 g/mol. The Morgan fingerprint density at radius 3 is 2.22 bits per heavy atom. The largest absolute Gasteiger partial charge is 0.368 e. The van der Waals surface area contributed by atoms with Crippen molar-refractivity contribution in [1.82, 2.24) is 4.90 Å². The molecule has 0 spiro atoms. The number of hydrogen-bond acceptors (Lipinski definition) is 4. The summed E-state index contributed by atoms with van der Waals surface area (Å²) in [6.07, 6.45) is 1.12. The Morgan fingerprint density at radius 1 is 1.04 bits per heavy atom. The van der Waals surface area contributed by atoms with Crippen LogP contribution in [0.15, 0.2) is 48.5 Å². The van der Waals surface area contributed by atoms with Crippen molar-refractivity contribution in [3.05, 3.63) is 59.1 Å². The summed E-state index contributed by atoms with van der Waals surface area (Å²) < 4.78 is 24.5. The molecule has 0 radical (unpaired) electrons. The molecule has 0 bridgehead atoms. The molecule has 0 aliphatic carbocycles. The van der Waals surface area contributed by atoms with Gasteiger partial charge in [0.1, 0.15) is 0 Å². The number of benzene rings is 2. The van der Waals surface area contributed by atoms with Crippen molar-refractivity contribution in [1.29, 1.82) is 0 Å². The minimum atomic E-state index is -3.38. The number of carbonyl (C=O) groups excluding carboxylic acids is 1. The van der Waals surface area contributed by atoms with Crippen LogP contribution in [0.2, 0.25) is 5.02 Å². The highest BCUT2D eigenvalue weighted by Gasteiger charge is 2.24. The third-order valence-corrected chi connectivity index (χ3v) is 6.25. The first-order valence-corrected chi connectivity index (χ1v) is 10.8. The molecule has 144 valence electrons. The Kier molecular flexibility index (Phi) is 5.62. The van der Waals surface area contributed by atoms with Gasteiger partial charge in [0.05, 0.1) is 22.5 Å². The SMILES string of the molecule is CN(c1ccc(C(=O)N2CCN(c3ccccc3)CC2)c(Cl)c1)S(C)(=O)=O. The molecule has 1 saturated heterocycles. The Bertz CT molecular complexity index is 926. The lowest BCUT2D eigenvalue weighted by Gasteiger charge is -2.36. The van der Waals surface area contributed by atoms with Crippen molar-refractivity contribution in [2.24, 2.45) is 0 Å². The zero-order valence-electron chi connectivity index (χ0n) is 15.3. The van der Waals surface area contributed by atoms with E-state index in [4.69, 9.17) is 11.6 Å². The summed E-state index contributed by atoms with van der Waals surface area (Å²) in [5.41, 5.74) is 1.96. The highest BCUT2D eigenvalue weighted by Crippen LogP contribution is 2.26. The van der Waals surface area contributed by atoms with Crippen molar-refractivity contribution in [3.8, 4) is 0 Å². The normalized spacial score (nSPS) is 14.9. The highest BCUT2D eigenvalue weighted by atomic mass is 35.5. The zero-order chi connectivity index (χ0) is 19.6. The fraction of sp³-hybridized carbons (Fsp3) is 0.316. The Morgan fingerprint density at radius 2 is 1.67 bits per heavy atom. The van der Waals surface area contributed by atoms with Crippen LogP contribution in [0.4, 0.5) is 11.4 Å². The molecule has 0 atom stereocenters. The maximum absolute atomic E-state index is 12.8. The molecule has 6 nitrogen and oxygen atoms in total. The zero-order valence-corrected chi connectivity index (χ0v) is 16.9. The summed E-state index contributed by atoms with van der Waals surface area (Å²) in [4.78, 5) is 16.9. The minimum absolute atomic E-state index is 0.138. The smallest absolute Gasteiger partial charge is 0.255 e. The lowest BCUT2D eigenvalue weighted by atomic mass is 10.1. The summed E-state index contributed by atoms with van der Waals surface area (Å²) >= 11 is 6.28. The van der Waals surface area contributed by atoms with Crippen molar-refractivity contribution in [2.75, 3.05) is 48.7 Å². The molecule has 27 heavy (non-hydrogen) atoms. The molecule has 1 fully saturated rings. The molecule has 0 aromatic heterocycles. The van der Waals surface area contributed by atoms with Gasteiger partial charge in [-0.05, 0) is 30.3 Å². The number of anilines is 2. The van der Waals surface area contributed by atoms with Gasteiger partial charge in [-0.2, -0.15) is 0 Å². The van der Waals surface area contributed by atoms with Crippen molar-refractivity contribution in [2.45, 2.75) is 0 Å². The number of piperazine rings is 1. The number of para-hydroxylation sites is 1. The molecule has 1 amide bonds. The van der Waals surface area contributed by atoms with Crippen LogP contribution in [0.5, 0.6) is 0 Å². The molecule has 0 saturated carbocycles. The molecular weight excluding hydrogens is 386 g/mol. The van der Waals surface area contributed by atoms with Crippen molar-refractivity contribution < 1.29 is 13.2 Å². The molecule has 1 heterocycles. The number of amides is 1. The van der Waals surface area contributed by atoms with Crippen LogP contribution in [0.1, 0.15) is 10.4 Å². The van der Waals surface area contributed by atoms with E-state index in [1.807, 2.05) is 18.2 Å². The molecule has 1 aliphatic heterocycles. The van der Waals surface area contributed by atoms with E-state index >= 15 is 0 Å². The Balaban J connectivity index is 1.70. The van der Waals surface area contributed by atoms with Crippen LogP contribution in [-0.2, 0) is 10.0 Å². The van der Waals surface area contributed by atoms with Gasteiger partial charge < -0.3 is 9.80 Å². The molecule has 0 N–H and O–H groups in total. The highest BCUT2D eigenvalue weighted by molar-refractivity contribution is 7.92. The van der Waals surface area contributed by atoms with Gasteiger partial charge in [-0.1, -0.05) is 29.8 Å². The van der Waals surface area contributed by atoms with Crippen LogP contribution in [0.25, 0.3) is 0 Å². The summed E-state index contributed by atoms with van der Waals surface area (Å²) in [5.74, 6) is -0.138. The first-order chi connectivity index (χ1) is 12.8. The van der Waals surface area contributed by atoms with Crippen molar-refractivity contribution >= 4 is 38.9 Å². The van der Waals surface area contributed by atoms with Gasteiger partial charge >= 0.3 is 0 Å². The molecule has 1 aliphatic rings. The Labute approximate surface area is 165 Å². The topological polar surface area (TPSA) is 60.9 Å². The average molecular weight is 408 g/mol. The number of halogens is 1. The predicted molar refractivity (Wildman–Crippen MR) is 109 cm³/mol. The predicted octanol–water partition coefficient (Wildman–Crippen LogP) is 2.70. The number of sulfonamides is 1. The van der Waals surface area contributed by atoms with Gasteiger partial charge in [-0.3, -0.25) is 9.10 Å². The van der Waals surface area contributed by atoms with E-state index in [9.17, 15) is 13.2 Å². The lowest BCUT2D eigenvalue weighted by molar-refractivity contribution is 0.0747. The van der Waals surface area contributed by atoms with Crippen LogP contribution >= 0.6 is 11.6 Å². The van der Waals surface area contributed by atoms with Crippen LogP contribution < -0.4 is 9.21 Å². The second-order valence-electron chi connectivity index (χ2n) is 6.51. The van der Waals surface area contributed by atoms with Gasteiger partial charge in [0, 0.05) is 38.9 Å². The maximum Gasteiger partial charge on any atom is 0.255 e. The maximum atomic E-state index is 12.8. The van der Waals surface area contributed by atoms with Crippen LogP contribution in [0, 0.1) is 0 Å².